The second kappa shape index (κ2) is 13.3. The Labute approximate surface area is 208 Å². The molecule has 0 spiro atoms. The summed E-state index contributed by atoms with van der Waals surface area (Å²) < 4.78 is 21.1. The first-order valence-corrected chi connectivity index (χ1v) is 11.3. The second-order valence-corrected chi connectivity index (χ2v) is 8.89. The van der Waals surface area contributed by atoms with E-state index in [2.05, 4.69) is 4.90 Å². The Balaban J connectivity index is 2.26. The van der Waals surface area contributed by atoms with Crippen molar-refractivity contribution in [1.82, 2.24) is 9.80 Å². The van der Waals surface area contributed by atoms with Crippen LogP contribution in [-0.2, 0) is 22.6 Å². The van der Waals surface area contributed by atoms with Gasteiger partial charge in [-0.3, -0.25) is 9.80 Å². The molecular formula is C27H35N3O5. The third kappa shape index (κ3) is 9.22. The van der Waals surface area contributed by atoms with Gasteiger partial charge >= 0.3 is 6.09 Å². The Kier molecular flexibility index (Phi) is 10.4. The van der Waals surface area contributed by atoms with Gasteiger partial charge in [0.2, 0.25) is 0 Å². The van der Waals surface area contributed by atoms with Crippen molar-refractivity contribution >= 4 is 6.09 Å². The highest BCUT2D eigenvalue weighted by molar-refractivity contribution is 5.71. The highest BCUT2D eigenvalue weighted by atomic mass is 16.6. The van der Waals surface area contributed by atoms with E-state index in [-0.39, 0.29) is 12.2 Å². The number of carbonyl (C=O) groups is 1. The van der Waals surface area contributed by atoms with Crippen LogP contribution in [-0.4, -0.2) is 55.9 Å². The van der Waals surface area contributed by atoms with E-state index in [1.165, 1.54) is 18.3 Å². The fourth-order valence-electron chi connectivity index (χ4n) is 3.32. The first-order valence-electron chi connectivity index (χ1n) is 11.3. The Morgan fingerprint density at radius 3 is 1.74 bits per heavy atom. The van der Waals surface area contributed by atoms with E-state index in [0.29, 0.717) is 19.6 Å². The Hall–Kier alpha value is -3.70. The van der Waals surface area contributed by atoms with Crippen molar-refractivity contribution < 1.29 is 23.7 Å². The van der Waals surface area contributed by atoms with Gasteiger partial charge in [-0.15, -0.1) is 0 Å². The number of rotatable bonds is 11. The fourth-order valence-corrected chi connectivity index (χ4v) is 3.32. The standard InChI is InChI=1S/C27H35N3O5/c1-27(2,3)35-26(31)30(23(17-28)20-32-4)16-15-29(18-21-7-11-24(33-5)12-8-21)19-22-9-13-25(34-6)14-10-22/h7-14,20H,15-16,18-19H2,1-6H3. The van der Waals surface area contributed by atoms with Crippen molar-refractivity contribution in [1.29, 1.82) is 5.26 Å². The highest BCUT2D eigenvalue weighted by Crippen LogP contribution is 2.18. The fraction of sp³-hybridized carbons (Fsp3) is 0.407. The van der Waals surface area contributed by atoms with Crippen LogP contribution in [0.2, 0.25) is 0 Å². The topological polar surface area (TPSA) is 84.3 Å². The molecule has 2 rings (SSSR count). The van der Waals surface area contributed by atoms with Gasteiger partial charge < -0.3 is 18.9 Å². The van der Waals surface area contributed by atoms with Crippen LogP contribution in [0.5, 0.6) is 11.5 Å². The van der Waals surface area contributed by atoms with Gasteiger partial charge in [0.15, 0.2) is 5.70 Å². The molecule has 1 amide bonds. The zero-order valence-corrected chi connectivity index (χ0v) is 21.4. The molecule has 0 saturated carbocycles. The molecule has 8 heteroatoms. The van der Waals surface area contributed by atoms with Crippen molar-refractivity contribution in [3.8, 4) is 17.6 Å². The first kappa shape index (κ1) is 27.5. The zero-order valence-electron chi connectivity index (χ0n) is 21.4. The lowest BCUT2D eigenvalue weighted by Gasteiger charge is -2.29. The maximum absolute atomic E-state index is 12.9. The zero-order chi connectivity index (χ0) is 25.8. The van der Waals surface area contributed by atoms with E-state index >= 15 is 0 Å². The molecule has 35 heavy (non-hydrogen) atoms. The monoisotopic (exact) mass is 481 g/mol. The lowest BCUT2D eigenvalue weighted by atomic mass is 10.1. The van der Waals surface area contributed by atoms with Gasteiger partial charge in [0, 0.05) is 26.2 Å². The third-order valence-corrected chi connectivity index (χ3v) is 5.02. The van der Waals surface area contributed by atoms with Gasteiger partial charge in [-0.25, -0.2) is 4.79 Å². The van der Waals surface area contributed by atoms with Crippen LogP contribution in [0.4, 0.5) is 4.79 Å². The smallest absolute Gasteiger partial charge is 0.415 e. The molecule has 0 saturated heterocycles. The lowest BCUT2D eigenvalue weighted by Crippen LogP contribution is -2.40. The molecule has 2 aromatic rings. The van der Waals surface area contributed by atoms with Crippen molar-refractivity contribution in [3.05, 3.63) is 71.6 Å². The molecular weight excluding hydrogens is 446 g/mol. The van der Waals surface area contributed by atoms with Crippen molar-refractivity contribution in [2.45, 2.75) is 39.5 Å². The molecule has 0 aromatic heterocycles. The van der Waals surface area contributed by atoms with Crippen LogP contribution in [0.3, 0.4) is 0 Å². The normalized spacial score (nSPS) is 11.5. The Bertz CT molecular complexity index is 956. The maximum Gasteiger partial charge on any atom is 0.415 e. The molecule has 0 aliphatic heterocycles. The van der Waals surface area contributed by atoms with E-state index in [1.54, 1.807) is 35.0 Å². The first-order chi connectivity index (χ1) is 16.7. The summed E-state index contributed by atoms with van der Waals surface area (Å²) in [7, 11) is 4.71. The van der Waals surface area contributed by atoms with Crippen LogP contribution in [0, 0.1) is 11.3 Å². The summed E-state index contributed by atoms with van der Waals surface area (Å²) >= 11 is 0. The number of ether oxygens (including phenoxy) is 4. The van der Waals surface area contributed by atoms with Gasteiger partial charge in [0.1, 0.15) is 29.4 Å². The molecule has 0 aliphatic rings. The Morgan fingerprint density at radius 1 is 0.886 bits per heavy atom. The van der Waals surface area contributed by atoms with E-state index in [1.807, 2.05) is 54.6 Å². The number of amides is 1. The molecule has 8 nitrogen and oxygen atoms in total. The molecule has 0 bridgehead atoms. The van der Waals surface area contributed by atoms with Crippen LogP contribution >= 0.6 is 0 Å². The van der Waals surface area contributed by atoms with Crippen molar-refractivity contribution in [3.63, 3.8) is 0 Å². The summed E-state index contributed by atoms with van der Waals surface area (Å²) in [5, 5.41) is 9.62. The van der Waals surface area contributed by atoms with Crippen LogP contribution < -0.4 is 9.47 Å². The Morgan fingerprint density at radius 2 is 1.37 bits per heavy atom. The van der Waals surface area contributed by atoms with Gasteiger partial charge in [-0.1, -0.05) is 24.3 Å². The number of nitriles is 1. The van der Waals surface area contributed by atoms with E-state index in [4.69, 9.17) is 18.9 Å². The average molecular weight is 482 g/mol. The van der Waals surface area contributed by atoms with Crippen LogP contribution in [0.1, 0.15) is 31.9 Å². The van der Waals surface area contributed by atoms with Crippen molar-refractivity contribution in [2.24, 2.45) is 0 Å². The molecule has 0 radical (unpaired) electrons. The number of methoxy groups -OCH3 is 3. The molecule has 0 unspecified atom stereocenters. The molecule has 0 aliphatic carbocycles. The van der Waals surface area contributed by atoms with Gasteiger partial charge in [0.25, 0.3) is 0 Å². The summed E-state index contributed by atoms with van der Waals surface area (Å²) in [5.41, 5.74) is 1.57. The highest BCUT2D eigenvalue weighted by Gasteiger charge is 2.26. The predicted octanol–water partition coefficient (Wildman–Crippen LogP) is 4.95. The largest absolute Gasteiger partial charge is 0.501 e. The maximum atomic E-state index is 12.9. The van der Waals surface area contributed by atoms with Gasteiger partial charge in [-0.05, 0) is 56.2 Å². The summed E-state index contributed by atoms with van der Waals surface area (Å²) in [5.74, 6) is 1.57. The SMILES string of the molecule is COC=C(C#N)N(CCN(Cc1ccc(OC)cc1)Cc1ccc(OC)cc1)C(=O)OC(C)(C)C. The third-order valence-electron chi connectivity index (χ3n) is 5.02. The second-order valence-electron chi connectivity index (χ2n) is 8.89. The number of nitrogens with zero attached hydrogens (tertiary/aromatic N) is 3. The summed E-state index contributed by atoms with van der Waals surface area (Å²) in [6, 6.07) is 17.8. The minimum Gasteiger partial charge on any atom is -0.501 e. The minimum atomic E-state index is -0.700. The van der Waals surface area contributed by atoms with E-state index in [0.717, 1.165) is 22.6 Å². The molecule has 0 N–H and O–H groups in total. The quantitative estimate of drug-likeness (QED) is 0.331. The van der Waals surface area contributed by atoms with Gasteiger partial charge in [0.05, 0.1) is 21.3 Å². The number of hydrogen-bond acceptors (Lipinski definition) is 7. The average Bonchev–Trinajstić information content (AvgIpc) is 2.83. The lowest BCUT2D eigenvalue weighted by molar-refractivity contribution is 0.0298. The number of benzene rings is 2. The molecule has 0 fully saturated rings. The van der Waals surface area contributed by atoms with E-state index in [9.17, 15) is 10.1 Å². The van der Waals surface area contributed by atoms with E-state index < -0.39 is 11.7 Å². The molecule has 188 valence electrons. The summed E-state index contributed by atoms with van der Waals surface area (Å²) in [6.45, 7) is 7.35. The van der Waals surface area contributed by atoms with Gasteiger partial charge in [-0.2, -0.15) is 5.26 Å². The molecule has 0 atom stereocenters. The predicted molar refractivity (Wildman–Crippen MR) is 134 cm³/mol. The number of hydrogen-bond donors (Lipinski definition) is 0. The van der Waals surface area contributed by atoms with Crippen LogP contribution in [0.15, 0.2) is 60.5 Å². The summed E-state index contributed by atoms with van der Waals surface area (Å²) in [6.07, 6.45) is 0.650. The molecule has 0 heterocycles. The minimum absolute atomic E-state index is 0.0793. The van der Waals surface area contributed by atoms with Crippen molar-refractivity contribution in [2.75, 3.05) is 34.4 Å². The summed E-state index contributed by atoms with van der Waals surface area (Å²) in [4.78, 5) is 16.4. The number of carbonyl (C=O) groups excluding carboxylic acids is 1. The number of allylic oxidation sites excluding steroid dienone is 1. The van der Waals surface area contributed by atoms with Crippen LogP contribution in [0.25, 0.3) is 0 Å². The molecule has 2 aromatic carbocycles.